The number of benzene rings is 1. The van der Waals surface area contributed by atoms with Crippen LogP contribution in [0.2, 0.25) is 0 Å². The molecule has 0 saturated heterocycles. The van der Waals surface area contributed by atoms with Crippen LogP contribution in [0.3, 0.4) is 0 Å². The minimum atomic E-state index is 0.508. The standard InChI is InChI=1S/C13H17Br2NO2/c1-9-7-11(17-5-3-12(14)15)8-10(2)13(9)18-6-4-16/h3,7-8H,4-6,16H2,1-2H3. The fourth-order valence-corrected chi connectivity index (χ4v) is 1.85. The normalized spacial score (nSPS) is 10.1. The van der Waals surface area contributed by atoms with E-state index in [0.717, 1.165) is 26.0 Å². The summed E-state index contributed by atoms with van der Waals surface area (Å²) in [5, 5.41) is 0. The minimum absolute atomic E-state index is 0.508. The Kier molecular flexibility index (Phi) is 6.75. The molecular formula is C13H17Br2NO2. The Hall–Kier alpha value is -0.520. The summed E-state index contributed by atoms with van der Waals surface area (Å²) in [5.41, 5.74) is 7.55. The van der Waals surface area contributed by atoms with Gasteiger partial charge in [-0.1, -0.05) is 0 Å². The van der Waals surface area contributed by atoms with Crippen molar-refractivity contribution >= 4 is 31.9 Å². The number of hydrogen-bond donors (Lipinski definition) is 1. The Morgan fingerprint density at radius 1 is 1.22 bits per heavy atom. The number of halogens is 2. The third kappa shape index (κ3) is 5.00. The lowest BCUT2D eigenvalue weighted by Gasteiger charge is -2.13. The fourth-order valence-electron chi connectivity index (χ4n) is 1.58. The Morgan fingerprint density at radius 2 is 1.83 bits per heavy atom. The fraction of sp³-hybridized carbons (Fsp3) is 0.385. The molecule has 2 N–H and O–H groups in total. The SMILES string of the molecule is Cc1cc(OCC=C(Br)Br)cc(C)c1OCCN. The monoisotopic (exact) mass is 377 g/mol. The first kappa shape index (κ1) is 15.5. The number of ether oxygens (including phenoxy) is 2. The highest BCUT2D eigenvalue weighted by Crippen LogP contribution is 2.28. The molecule has 0 atom stereocenters. The third-order valence-electron chi connectivity index (χ3n) is 2.29. The summed E-state index contributed by atoms with van der Waals surface area (Å²) >= 11 is 6.57. The van der Waals surface area contributed by atoms with Gasteiger partial charge in [-0.05, 0) is 75.0 Å². The zero-order valence-electron chi connectivity index (χ0n) is 10.5. The number of hydrogen-bond acceptors (Lipinski definition) is 3. The van der Waals surface area contributed by atoms with Crippen LogP contribution in [0.15, 0.2) is 21.6 Å². The molecule has 0 aliphatic heterocycles. The molecule has 5 heteroatoms. The number of aryl methyl sites for hydroxylation is 2. The molecule has 0 amide bonds. The van der Waals surface area contributed by atoms with Gasteiger partial charge < -0.3 is 15.2 Å². The van der Waals surface area contributed by atoms with E-state index < -0.39 is 0 Å². The van der Waals surface area contributed by atoms with Crippen molar-refractivity contribution in [3.05, 3.63) is 32.7 Å². The summed E-state index contributed by atoms with van der Waals surface area (Å²) in [7, 11) is 0. The molecule has 18 heavy (non-hydrogen) atoms. The Labute approximate surface area is 125 Å². The molecule has 0 aliphatic carbocycles. The highest BCUT2D eigenvalue weighted by molar-refractivity contribution is 9.28. The van der Waals surface area contributed by atoms with E-state index in [4.69, 9.17) is 15.2 Å². The van der Waals surface area contributed by atoms with Crippen molar-refractivity contribution in [3.63, 3.8) is 0 Å². The molecule has 1 rings (SSSR count). The maximum Gasteiger partial charge on any atom is 0.125 e. The Balaban J connectivity index is 2.76. The van der Waals surface area contributed by atoms with Crippen LogP contribution < -0.4 is 15.2 Å². The predicted molar refractivity (Wildman–Crippen MR) is 81.9 cm³/mol. The van der Waals surface area contributed by atoms with Crippen LogP contribution in [0.4, 0.5) is 0 Å². The Bertz CT molecular complexity index is 406. The minimum Gasteiger partial charge on any atom is -0.492 e. The summed E-state index contributed by atoms with van der Waals surface area (Å²) < 4.78 is 12.1. The molecular weight excluding hydrogens is 362 g/mol. The second-order valence-electron chi connectivity index (χ2n) is 3.83. The van der Waals surface area contributed by atoms with Gasteiger partial charge in [-0.2, -0.15) is 0 Å². The van der Waals surface area contributed by atoms with Gasteiger partial charge in [-0.15, -0.1) is 0 Å². The molecule has 0 bridgehead atoms. The van der Waals surface area contributed by atoms with Crippen molar-refractivity contribution in [1.82, 2.24) is 0 Å². The molecule has 100 valence electrons. The zero-order chi connectivity index (χ0) is 13.5. The van der Waals surface area contributed by atoms with E-state index in [1.54, 1.807) is 0 Å². The molecule has 0 radical (unpaired) electrons. The van der Waals surface area contributed by atoms with Crippen molar-refractivity contribution in [1.29, 1.82) is 0 Å². The molecule has 0 aliphatic rings. The molecule has 0 unspecified atom stereocenters. The summed E-state index contributed by atoms with van der Waals surface area (Å²) in [6, 6.07) is 3.93. The van der Waals surface area contributed by atoms with Crippen LogP contribution in [0.25, 0.3) is 0 Å². The van der Waals surface area contributed by atoms with E-state index >= 15 is 0 Å². The highest BCUT2D eigenvalue weighted by Gasteiger charge is 2.06. The predicted octanol–water partition coefficient (Wildman–Crippen LogP) is 3.65. The molecule has 1 aromatic rings. The smallest absolute Gasteiger partial charge is 0.125 e. The van der Waals surface area contributed by atoms with Crippen molar-refractivity contribution in [3.8, 4) is 11.5 Å². The van der Waals surface area contributed by atoms with Gasteiger partial charge >= 0.3 is 0 Å². The van der Waals surface area contributed by atoms with Gasteiger partial charge in [-0.3, -0.25) is 0 Å². The lowest BCUT2D eigenvalue weighted by Crippen LogP contribution is -2.11. The molecule has 1 aromatic carbocycles. The summed E-state index contributed by atoms with van der Waals surface area (Å²) in [6.45, 7) is 5.56. The van der Waals surface area contributed by atoms with Gasteiger partial charge in [0.25, 0.3) is 0 Å². The van der Waals surface area contributed by atoms with E-state index in [9.17, 15) is 0 Å². The highest BCUT2D eigenvalue weighted by atomic mass is 79.9. The van der Waals surface area contributed by atoms with Crippen LogP contribution in [0, 0.1) is 13.8 Å². The third-order valence-corrected chi connectivity index (χ3v) is 2.93. The average molecular weight is 379 g/mol. The maximum absolute atomic E-state index is 5.62. The number of nitrogens with two attached hydrogens (primary N) is 1. The molecule has 0 fully saturated rings. The maximum atomic E-state index is 5.62. The second-order valence-corrected chi connectivity index (χ2v) is 6.60. The largest absolute Gasteiger partial charge is 0.492 e. The van der Waals surface area contributed by atoms with Crippen molar-refractivity contribution in [2.75, 3.05) is 19.8 Å². The molecule has 0 spiro atoms. The molecule has 0 aromatic heterocycles. The van der Waals surface area contributed by atoms with Crippen LogP contribution >= 0.6 is 31.9 Å². The first-order chi connectivity index (χ1) is 8.54. The van der Waals surface area contributed by atoms with Gasteiger partial charge in [-0.25, -0.2) is 0 Å². The van der Waals surface area contributed by atoms with E-state index in [1.165, 1.54) is 0 Å². The van der Waals surface area contributed by atoms with Gasteiger partial charge in [0.1, 0.15) is 24.7 Å². The topological polar surface area (TPSA) is 44.5 Å². The van der Waals surface area contributed by atoms with Gasteiger partial charge in [0, 0.05) is 6.54 Å². The van der Waals surface area contributed by atoms with Crippen LogP contribution in [0.1, 0.15) is 11.1 Å². The summed E-state index contributed by atoms with van der Waals surface area (Å²) in [4.78, 5) is 0. The van der Waals surface area contributed by atoms with E-state index in [0.29, 0.717) is 19.8 Å². The zero-order valence-corrected chi connectivity index (χ0v) is 13.7. The molecule has 0 heterocycles. The van der Waals surface area contributed by atoms with E-state index in [2.05, 4.69) is 31.9 Å². The first-order valence-electron chi connectivity index (χ1n) is 5.62. The molecule has 3 nitrogen and oxygen atoms in total. The molecule has 0 saturated carbocycles. The Morgan fingerprint density at radius 3 is 2.33 bits per heavy atom. The van der Waals surface area contributed by atoms with Gasteiger partial charge in [0.2, 0.25) is 0 Å². The summed E-state index contributed by atoms with van der Waals surface area (Å²) in [6.07, 6.45) is 1.89. The average Bonchev–Trinajstić information content (AvgIpc) is 2.27. The van der Waals surface area contributed by atoms with Crippen molar-refractivity contribution < 1.29 is 9.47 Å². The van der Waals surface area contributed by atoms with Crippen LogP contribution in [-0.4, -0.2) is 19.8 Å². The lowest BCUT2D eigenvalue weighted by atomic mass is 10.1. The first-order valence-corrected chi connectivity index (χ1v) is 7.21. The summed E-state index contributed by atoms with van der Waals surface area (Å²) in [5.74, 6) is 1.73. The van der Waals surface area contributed by atoms with E-state index in [1.807, 2.05) is 32.1 Å². The lowest BCUT2D eigenvalue weighted by molar-refractivity contribution is 0.321. The van der Waals surface area contributed by atoms with Crippen LogP contribution in [0.5, 0.6) is 11.5 Å². The van der Waals surface area contributed by atoms with Crippen molar-refractivity contribution in [2.45, 2.75) is 13.8 Å². The van der Waals surface area contributed by atoms with Gasteiger partial charge in [0.15, 0.2) is 0 Å². The van der Waals surface area contributed by atoms with Gasteiger partial charge in [0.05, 0.1) is 3.39 Å². The second kappa shape index (κ2) is 7.81. The quantitative estimate of drug-likeness (QED) is 0.821. The van der Waals surface area contributed by atoms with Crippen LogP contribution in [-0.2, 0) is 0 Å². The number of rotatable bonds is 6. The van der Waals surface area contributed by atoms with E-state index in [-0.39, 0.29) is 0 Å². The van der Waals surface area contributed by atoms with Crippen molar-refractivity contribution in [2.24, 2.45) is 5.73 Å².